The Morgan fingerprint density at radius 2 is 1.74 bits per heavy atom. The Labute approximate surface area is 180 Å². The summed E-state index contributed by atoms with van der Waals surface area (Å²) in [6.07, 6.45) is 1.83. The van der Waals surface area contributed by atoms with Crippen LogP contribution in [0.15, 0.2) is 66.7 Å². The number of fused-ring (bicyclic) bond motifs is 1. The van der Waals surface area contributed by atoms with E-state index in [1.807, 2.05) is 60.7 Å². The van der Waals surface area contributed by atoms with Gasteiger partial charge in [-0.05, 0) is 47.5 Å². The second-order valence-corrected chi connectivity index (χ2v) is 6.95. The number of rotatable bonds is 6. The molecule has 0 atom stereocenters. The molecule has 31 heavy (non-hydrogen) atoms. The lowest BCUT2D eigenvalue weighted by Crippen LogP contribution is -2.03. The highest BCUT2D eigenvalue weighted by Crippen LogP contribution is 2.35. The zero-order valence-corrected chi connectivity index (χ0v) is 17.2. The summed E-state index contributed by atoms with van der Waals surface area (Å²) in [5, 5.41) is 2.87. The maximum absolute atomic E-state index is 12.3. The van der Waals surface area contributed by atoms with E-state index in [1.54, 1.807) is 19.2 Å². The van der Waals surface area contributed by atoms with Crippen LogP contribution in [0.4, 0.5) is 5.69 Å². The highest BCUT2D eigenvalue weighted by molar-refractivity contribution is 6.34. The fraction of sp³-hybridized carbons (Fsp3) is 0.120. The molecule has 0 fully saturated rings. The summed E-state index contributed by atoms with van der Waals surface area (Å²) in [7, 11) is 2.92. The largest absolute Gasteiger partial charge is 0.493 e. The van der Waals surface area contributed by atoms with Gasteiger partial charge in [-0.15, -0.1) is 0 Å². The lowest BCUT2D eigenvalue weighted by molar-refractivity contribution is -0.110. The number of ether oxygens (including phenoxy) is 3. The minimum atomic E-state index is -0.377. The van der Waals surface area contributed by atoms with Gasteiger partial charge in [0.1, 0.15) is 6.61 Å². The molecule has 0 bridgehead atoms. The number of amides is 1. The summed E-state index contributed by atoms with van der Waals surface area (Å²) in [5.41, 5.74) is 4.51. The van der Waals surface area contributed by atoms with Gasteiger partial charge in [0.25, 0.3) is 5.91 Å². The van der Waals surface area contributed by atoms with Crippen LogP contribution in [0.2, 0.25) is 0 Å². The highest BCUT2D eigenvalue weighted by Gasteiger charge is 2.23. The van der Waals surface area contributed by atoms with Crippen molar-refractivity contribution in [2.75, 3.05) is 19.5 Å². The first kappa shape index (κ1) is 20.2. The summed E-state index contributed by atoms with van der Waals surface area (Å²) in [4.78, 5) is 23.9. The molecule has 1 aliphatic rings. The molecule has 3 aromatic rings. The minimum absolute atomic E-state index is 0.129. The topological polar surface area (TPSA) is 73.9 Å². The Morgan fingerprint density at radius 3 is 2.48 bits per heavy atom. The Hall–Kier alpha value is -4.06. The zero-order valence-electron chi connectivity index (χ0n) is 17.2. The average Bonchev–Trinajstić information content (AvgIpc) is 3.12. The van der Waals surface area contributed by atoms with Crippen molar-refractivity contribution < 1.29 is 23.8 Å². The molecule has 6 heteroatoms. The van der Waals surface area contributed by atoms with Crippen LogP contribution in [-0.4, -0.2) is 26.1 Å². The summed E-state index contributed by atoms with van der Waals surface area (Å²) in [5.74, 6) is 0.637. The van der Waals surface area contributed by atoms with Crippen LogP contribution in [-0.2, 0) is 16.1 Å². The molecule has 0 radical (unpaired) electrons. The van der Waals surface area contributed by atoms with Crippen LogP contribution in [0.5, 0.6) is 11.5 Å². The van der Waals surface area contributed by atoms with E-state index >= 15 is 0 Å². The molecular weight excluding hydrogens is 394 g/mol. The van der Waals surface area contributed by atoms with Crippen LogP contribution in [0.3, 0.4) is 0 Å². The first-order valence-electron chi connectivity index (χ1n) is 9.69. The van der Waals surface area contributed by atoms with E-state index in [-0.39, 0.29) is 11.9 Å². The van der Waals surface area contributed by atoms with E-state index < -0.39 is 0 Å². The molecule has 0 spiro atoms. The van der Waals surface area contributed by atoms with Crippen molar-refractivity contribution in [3.8, 4) is 11.5 Å². The minimum Gasteiger partial charge on any atom is -0.493 e. The van der Waals surface area contributed by atoms with Gasteiger partial charge in [-0.3, -0.25) is 4.79 Å². The number of benzene rings is 3. The van der Waals surface area contributed by atoms with Gasteiger partial charge in [-0.25, -0.2) is 4.79 Å². The van der Waals surface area contributed by atoms with Gasteiger partial charge >= 0.3 is 5.97 Å². The molecule has 0 aliphatic carbocycles. The third kappa shape index (κ3) is 4.28. The summed E-state index contributed by atoms with van der Waals surface area (Å²) in [6, 6.07) is 20.1. The number of hydrogen-bond acceptors (Lipinski definition) is 5. The van der Waals surface area contributed by atoms with E-state index in [1.165, 1.54) is 7.11 Å². The lowest BCUT2D eigenvalue weighted by atomic mass is 10.0. The van der Waals surface area contributed by atoms with Gasteiger partial charge in [0.2, 0.25) is 0 Å². The number of methoxy groups -OCH3 is 2. The molecular formula is C25H21NO5. The number of carbonyl (C=O) groups is 2. The van der Waals surface area contributed by atoms with Crippen LogP contribution in [0.1, 0.15) is 27.0 Å². The maximum atomic E-state index is 12.3. The van der Waals surface area contributed by atoms with Crippen LogP contribution in [0.25, 0.3) is 11.6 Å². The van der Waals surface area contributed by atoms with E-state index in [0.717, 1.165) is 22.4 Å². The molecule has 0 aromatic heterocycles. The van der Waals surface area contributed by atoms with Crippen LogP contribution >= 0.6 is 0 Å². The molecule has 1 aliphatic heterocycles. The van der Waals surface area contributed by atoms with Crippen molar-refractivity contribution in [2.24, 2.45) is 0 Å². The average molecular weight is 415 g/mol. The Bertz CT molecular complexity index is 1160. The second-order valence-electron chi connectivity index (χ2n) is 6.95. The Kier molecular flexibility index (Phi) is 5.71. The molecule has 156 valence electrons. The van der Waals surface area contributed by atoms with Crippen molar-refractivity contribution in [3.05, 3.63) is 89.0 Å². The van der Waals surface area contributed by atoms with Crippen molar-refractivity contribution in [1.82, 2.24) is 0 Å². The number of nitrogens with one attached hydrogen (secondary N) is 1. The molecule has 0 saturated heterocycles. The van der Waals surface area contributed by atoms with Crippen LogP contribution in [0, 0.1) is 0 Å². The normalized spacial score (nSPS) is 13.5. The second kappa shape index (κ2) is 8.75. The highest BCUT2D eigenvalue weighted by atomic mass is 16.5. The van der Waals surface area contributed by atoms with Gasteiger partial charge < -0.3 is 19.5 Å². The first-order chi connectivity index (χ1) is 15.1. The Morgan fingerprint density at radius 1 is 0.968 bits per heavy atom. The van der Waals surface area contributed by atoms with Crippen molar-refractivity contribution in [2.45, 2.75) is 6.61 Å². The molecule has 1 amide bonds. The zero-order chi connectivity index (χ0) is 21.8. The van der Waals surface area contributed by atoms with Gasteiger partial charge in [-0.1, -0.05) is 36.4 Å². The molecule has 3 aromatic carbocycles. The monoisotopic (exact) mass is 415 g/mol. The Balaban J connectivity index is 1.51. The van der Waals surface area contributed by atoms with Gasteiger partial charge in [-0.2, -0.15) is 0 Å². The fourth-order valence-electron chi connectivity index (χ4n) is 3.36. The summed E-state index contributed by atoms with van der Waals surface area (Å²) in [6.45, 7) is 0.314. The molecule has 0 saturated carbocycles. The number of para-hydroxylation sites is 1. The summed E-state index contributed by atoms with van der Waals surface area (Å²) < 4.78 is 16.1. The molecule has 1 N–H and O–H groups in total. The lowest BCUT2D eigenvalue weighted by Gasteiger charge is -2.12. The van der Waals surface area contributed by atoms with E-state index in [0.29, 0.717) is 29.2 Å². The van der Waals surface area contributed by atoms with Crippen LogP contribution < -0.4 is 14.8 Å². The van der Waals surface area contributed by atoms with Gasteiger partial charge in [0.05, 0.1) is 19.8 Å². The van der Waals surface area contributed by atoms with E-state index in [4.69, 9.17) is 14.2 Å². The van der Waals surface area contributed by atoms with E-state index in [9.17, 15) is 9.59 Å². The molecule has 4 rings (SSSR count). The number of hydrogen-bond donors (Lipinski definition) is 1. The molecule has 1 heterocycles. The number of carbonyl (C=O) groups excluding carboxylic acids is 2. The smallest absolute Gasteiger partial charge is 0.337 e. The number of esters is 1. The predicted molar refractivity (Wildman–Crippen MR) is 118 cm³/mol. The standard InChI is InChI=1S/C25H21NO5/c1-29-23-14-17(13-20-19-5-3-4-6-21(19)26-24(20)27)9-12-22(23)31-15-16-7-10-18(11-8-16)25(28)30-2/h3-14H,15H2,1-2H3,(H,26,27)/b20-13+. The van der Waals surface area contributed by atoms with Gasteiger partial charge in [0, 0.05) is 16.8 Å². The van der Waals surface area contributed by atoms with Gasteiger partial charge in [0.15, 0.2) is 11.5 Å². The number of anilines is 1. The fourth-order valence-corrected chi connectivity index (χ4v) is 3.36. The molecule has 6 nitrogen and oxygen atoms in total. The predicted octanol–water partition coefficient (Wildman–Crippen LogP) is 4.55. The van der Waals surface area contributed by atoms with E-state index in [2.05, 4.69) is 5.32 Å². The third-order valence-electron chi connectivity index (χ3n) is 4.98. The van der Waals surface area contributed by atoms with Crippen molar-refractivity contribution >= 4 is 29.2 Å². The maximum Gasteiger partial charge on any atom is 0.337 e. The quantitative estimate of drug-likeness (QED) is 0.472. The molecule has 0 unspecified atom stereocenters. The first-order valence-corrected chi connectivity index (χ1v) is 9.69. The van der Waals surface area contributed by atoms with Crippen molar-refractivity contribution in [1.29, 1.82) is 0 Å². The SMILES string of the molecule is COC(=O)c1ccc(COc2ccc(/C=C3/C(=O)Nc4ccccc43)cc2OC)cc1. The third-order valence-corrected chi connectivity index (χ3v) is 4.98. The summed E-state index contributed by atoms with van der Waals surface area (Å²) >= 11 is 0. The van der Waals surface area contributed by atoms with Crippen molar-refractivity contribution in [3.63, 3.8) is 0 Å².